The number of fused-ring (bicyclic) bond motifs is 1. The lowest BCUT2D eigenvalue weighted by Gasteiger charge is -2.34. The number of benzene rings is 2. The van der Waals surface area contributed by atoms with E-state index in [1.165, 1.54) is 6.20 Å². The molecule has 1 aliphatic rings. The molecular formula is C24H23ClN6O3. The molecule has 0 aliphatic carbocycles. The number of hydrogen-bond donors (Lipinski definition) is 0. The first-order valence-electron chi connectivity index (χ1n) is 11.1. The van der Waals surface area contributed by atoms with E-state index in [0.717, 1.165) is 24.2 Å². The molecule has 1 fully saturated rings. The Labute approximate surface area is 200 Å². The maximum Gasteiger partial charge on any atom is 0.241 e. The minimum atomic E-state index is -0.115. The van der Waals surface area contributed by atoms with E-state index < -0.39 is 0 Å². The second kappa shape index (κ2) is 9.74. The first-order chi connectivity index (χ1) is 16.6. The third-order valence-corrected chi connectivity index (χ3v) is 6.21. The van der Waals surface area contributed by atoms with Crippen molar-refractivity contribution in [2.75, 3.05) is 26.2 Å². The number of rotatable bonds is 6. The van der Waals surface area contributed by atoms with E-state index in [0.29, 0.717) is 54.7 Å². The van der Waals surface area contributed by atoms with Crippen molar-refractivity contribution in [3.63, 3.8) is 0 Å². The second-order valence-corrected chi connectivity index (χ2v) is 8.61. The van der Waals surface area contributed by atoms with Gasteiger partial charge in [-0.15, -0.1) is 0 Å². The third-order valence-electron chi connectivity index (χ3n) is 5.95. The van der Waals surface area contributed by atoms with Gasteiger partial charge in [0.2, 0.25) is 23.1 Å². The Morgan fingerprint density at radius 1 is 1.03 bits per heavy atom. The van der Waals surface area contributed by atoms with Crippen molar-refractivity contribution in [1.29, 1.82) is 0 Å². The van der Waals surface area contributed by atoms with E-state index >= 15 is 0 Å². The lowest BCUT2D eigenvalue weighted by molar-refractivity contribution is -0.133. The summed E-state index contributed by atoms with van der Waals surface area (Å²) in [4.78, 5) is 33.3. The predicted octanol–water partition coefficient (Wildman–Crippen LogP) is 2.83. The van der Waals surface area contributed by atoms with Gasteiger partial charge in [-0.3, -0.25) is 19.2 Å². The summed E-state index contributed by atoms with van der Waals surface area (Å²) in [6.45, 7) is 3.68. The summed E-state index contributed by atoms with van der Waals surface area (Å²) in [7, 11) is 0. The number of amides is 1. The number of piperazine rings is 1. The minimum absolute atomic E-state index is 0.0760. The van der Waals surface area contributed by atoms with Gasteiger partial charge in [0, 0.05) is 48.6 Å². The molecule has 0 atom stereocenters. The van der Waals surface area contributed by atoms with Gasteiger partial charge in [0.15, 0.2) is 0 Å². The van der Waals surface area contributed by atoms with Crippen molar-refractivity contribution in [2.45, 2.75) is 19.5 Å². The van der Waals surface area contributed by atoms with Crippen LogP contribution in [0.15, 0.2) is 64.0 Å². The largest absolute Gasteiger partial charge is 0.340 e. The number of carbonyl (C=O) groups excluding carboxylic acids is 1. The molecule has 4 aromatic rings. The monoisotopic (exact) mass is 478 g/mol. The highest BCUT2D eigenvalue weighted by molar-refractivity contribution is 6.30. The molecule has 2 aromatic carbocycles. The quantitative estimate of drug-likeness (QED) is 0.420. The molecule has 3 heterocycles. The standard InChI is InChI=1S/C24H23ClN6O3/c25-18-7-5-17(6-8-18)24-27-22(34-28-24)16-29-11-13-30(14-12-29)23(33)9-10-31-20-4-2-1-3-19(20)21(32)15-26-31/h1-8,15H,9-14,16H2. The highest BCUT2D eigenvalue weighted by Gasteiger charge is 2.23. The zero-order valence-corrected chi connectivity index (χ0v) is 19.2. The van der Waals surface area contributed by atoms with Gasteiger partial charge in [-0.2, -0.15) is 10.1 Å². The van der Waals surface area contributed by atoms with E-state index in [2.05, 4.69) is 20.1 Å². The van der Waals surface area contributed by atoms with Gasteiger partial charge in [-0.1, -0.05) is 28.9 Å². The summed E-state index contributed by atoms with van der Waals surface area (Å²) in [5.74, 6) is 1.15. The molecule has 10 heteroatoms. The van der Waals surface area contributed by atoms with Gasteiger partial charge in [-0.25, -0.2) is 0 Å². The first kappa shape index (κ1) is 22.2. The van der Waals surface area contributed by atoms with Gasteiger partial charge in [0.25, 0.3) is 0 Å². The Kier molecular flexibility index (Phi) is 6.37. The molecule has 0 bridgehead atoms. The molecule has 1 saturated heterocycles. The van der Waals surface area contributed by atoms with Crippen LogP contribution >= 0.6 is 11.6 Å². The number of nitrogens with zero attached hydrogens (tertiary/aromatic N) is 6. The van der Waals surface area contributed by atoms with E-state index in [-0.39, 0.29) is 11.3 Å². The first-order valence-corrected chi connectivity index (χ1v) is 11.5. The topological polar surface area (TPSA) is 97.4 Å². The van der Waals surface area contributed by atoms with Crippen molar-refractivity contribution in [3.05, 3.63) is 75.9 Å². The summed E-state index contributed by atoms with van der Waals surface area (Å²) in [5, 5.41) is 9.53. The molecular weight excluding hydrogens is 456 g/mol. The molecule has 1 aliphatic heterocycles. The van der Waals surface area contributed by atoms with Gasteiger partial charge in [0.1, 0.15) is 0 Å². The molecule has 1 amide bonds. The second-order valence-electron chi connectivity index (χ2n) is 8.17. The van der Waals surface area contributed by atoms with Gasteiger partial charge < -0.3 is 9.42 Å². The van der Waals surface area contributed by atoms with Gasteiger partial charge in [-0.05, 0) is 36.4 Å². The van der Waals surface area contributed by atoms with Crippen LogP contribution in [0, 0.1) is 0 Å². The van der Waals surface area contributed by atoms with Crippen LogP contribution in [0.2, 0.25) is 5.02 Å². The van der Waals surface area contributed by atoms with E-state index in [1.807, 2.05) is 35.2 Å². The van der Waals surface area contributed by atoms with Crippen molar-refractivity contribution >= 4 is 28.4 Å². The zero-order valence-electron chi connectivity index (χ0n) is 18.4. The highest BCUT2D eigenvalue weighted by atomic mass is 35.5. The van der Waals surface area contributed by atoms with Crippen LogP contribution in [0.4, 0.5) is 0 Å². The zero-order chi connectivity index (χ0) is 23.5. The molecule has 34 heavy (non-hydrogen) atoms. The molecule has 9 nitrogen and oxygen atoms in total. The fraction of sp³-hybridized carbons (Fsp3) is 0.292. The SMILES string of the molecule is O=C(CCn1ncc(=O)c2ccccc21)N1CCN(Cc2nc(-c3ccc(Cl)cc3)no2)CC1. The third kappa shape index (κ3) is 4.85. The Morgan fingerprint density at radius 3 is 2.59 bits per heavy atom. The van der Waals surface area contributed by atoms with Crippen LogP contribution in [0.3, 0.4) is 0 Å². The number of hydrogen-bond acceptors (Lipinski definition) is 7. The van der Waals surface area contributed by atoms with E-state index in [1.54, 1.807) is 22.9 Å². The normalized spacial score (nSPS) is 14.6. The van der Waals surface area contributed by atoms with Crippen molar-refractivity contribution < 1.29 is 9.32 Å². The van der Waals surface area contributed by atoms with Crippen LogP contribution in [0.5, 0.6) is 0 Å². The number of carbonyl (C=O) groups is 1. The summed E-state index contributed by atoms with van der Waals surface area (Å²) in [6, 6.07) is 14.6. The van der Waals surface area contributed by atoms with E-state index in [4.69, 9.17) is 16.1 Å². The average Bonchev–Trinajstić information content (AvgIpc) is 3.33. The lowest BCUT2D eigenvalue weighted by atomic mass is 10.2. The molecule has 0 N–H and O–H groups in total. The summed E-state index contributed by atoms with van der Waals surface area (Å²) in [5.41, 5.74) is 1.47. The highest BCUT2D eigenvalue weighted by Crippen LogP contribution is 2.19. The predicted molar refractivity (Wildman–Crippen MR) is 127 cm³/mol. The van der Waals surface area contributed by atoms with Gasteiger partial charge in [0.05, 0.1) is 24.8 Å². The van der Waals surface area contributed by atoms with Crippen molar-refractivity contribution in [1.82, 2.24) is 29.7 Å². The number of halogens is 1. The fourth-order valence-corrected chi connectivity index (χ4v) is 4.21. The van der Waals surface area contributed by atoms with Crippen LogP contribution in [0.25, 0.3) is 22.3 Å². The fourth-order valence-electron chi connectivity index (χ4n) is 4.08. The van der Waals surface area contributed by atoms with Crippen molar-refractivity contribution in [3.8, 4) is 11.4 Å². The number of aromatic nitrogens is 4. The molecule has 0 spiro atoms. The van der Waals surface area contributed by atoms with Crippen LogP contribution in [-0.2, 0) is 17.9 Å². The minimum Gasteiger partial charge on any atom is -0.340 e. The molecule has 0 radical (unpaired) electrons. The van der Waals surface area contributed by atoms with Crippen LogP contribution in [0.1, 0.15) is 12.3 Å². The Hall–Kier alpha value is -3.56. The molecule has 2 aromatic heterocycles. The summed E-state index contributed by atoms with van der Waals surface area (Å²) in [6.07, 6.45) is 1.63. The summed E-state index contributed by atoms with van der Waals surface area (Å²) < 4.78 is 7.13. The Morgan fingerprint density at radius 2 is 1.79 bits per heavy atom. The van der Waals surface area contributed by atoms with Crippen LogP contribution in [-0.4, -0.2) is 61.8 Å². The summed E-state index contributed by atoms with van der Waals surface area (Å²) >= 11 is 5.93. The smallest absolute Gasteiger partial charge is 0.241 e. The van der Waals surface area contributed by atoms with Crippen molar-refractivity contribution in [2.24, 2.45) is 0 Å². The average molecular weight is 479 g/mol. The van der Waals surface area contributed by atoms with Gasteiger partial charge >= 0.3 is 0 Å². The van der Waals surface area contributed by atoms with Crippen LogP contribution < -0.4 is 5.43 Å². The maximum atomic E-state index is 12.8. The molecule has 5 rings (SSSR count). The molecule has 174 valence electrons. The number of aryl methyl sites for hydroxylation is 1. The Balaban J connectivity index is 1.13. The maximum absolute atomic E-state index is 12.8. The lowest BCUT2D eigenvalue weighted by Crippen LogP contribution is -2.48. The number of para-hydroxylation sites is 1. The Bertz CT molecular complexity index is 1360. The van der Waals surface area contributed by atoms with E-state index in [9.17, 15) is 9.59 Å². The molecule has 0 saturated carbocycles. The molecule has 0 unspecified atom stereocenters.